The number of hydrogen-bond donors (Lipinski definition) is 0. The molecule has 0 atom stereocenters. The molecule has 0 saturated carbocycles. The Hall–Kier alpha value is -3.29. The Morgan fingerprint density at radius 3 is 2.46 bits per heavy atom. The minimum atomic E-state index is -0.0253. The van der Waals surface area contributed by atoms with Gasteiger partial charge in [-0.15, -0.1) is 0 Å². The molecule has 1 saturated heterocycles. The number of amides is 1. The van der Waals surface area contributed by atoms with Gasteiger partial charge in [-0.3, -0.25) is 14.3 Å². The van der Waals surface area contributed by atoms with Crippen LogP contribution < -0.4 is 4.90 Å². The second-order valence-corrected chi connectivity index (χ2v) is 6.07. The summed E-state index contributed by atoms with van der Waals surface area (Å²) in [7, 11) is 0. The first-order chi connectivity index (χ1) is 12.7. The monoisotopic (exact) mass is 349 g/mol. The van der Waals surface area contributed by atoms with E-state index in [9.17, 15) is 4.79 Å². The quantitative estimate of drug-likeness (QED) is 0.710. The molecule has 0 aromatic carbocycles. The third-order valence-electron chi connectivity index (χ3n) is 4.49. The van der Waals surface area contributed by atoms with Crippen LogP contribution in [0.2, 0.25) is 0 Å². The van der Waals surface area contributed by atoms with Gasteiger partial charge in [0.1, 0.15) is 29.5 Å². The van der Waals surface area contributed by atoms with Crippen molar-refractivity contribution >= 4 is 11.7 Å². The lowest BCUT2D eigenvalue weighted by Crippen LogP contribution is -2.49. The van der Waals surface area contributed by atoms with Crippen molar-refractivity contribution in [3.8, 4) is 5.82 Å². The third-order valence-corrected chi connectivity index (χ3v) is 4.49. The molecule has 0 bridgehead atoms. The minimum absolute atomic E-state index is 0.0253. The fraction of sp³-hybridized carbons (Fsp3) is 0.278. The highest BCUT2D eigenvalue weighted by Gasteiger charge is 2.23. The highest BCUT2D eigenvalue weighted by molar-refractivity contribution is 5.92. The molecule has 3 aromatic heterocycles. The molecule has 0 radical (unpaired) electrons. The fourth-order valence-corrected chi connectivity index (χ4v) is 3.05. The maximum Gasteiger partial charge on any atom is 0.272 e. The van der Waals surface area contributed by atoms with E-state index >= 15 is 0 Å². The number of carbonyl (C=O) groups is 1. The molecule has 8 nitrogen and oxygen atoms in total. The summed E-state index contributed by atoms with van der Waals surface area (Å²) in [6, 6.07) is 7.34. The number of hydrogen-bond acceptors (Lipinski definition) is 6. The van der Waals surface area contributed by atoms with E-state index in [0.717, 1.165) is 30.5 Å². The summed E-state index contributed by atoms with van der Waals surface area (Å²) < 4.78 is 1.92. The lowest BCUT2D eigenvalue weighted by Gasteiger charge is -2.35. The number of anilines is 1. The van der Waals surface area contributed by atoms with Crippen LogP contribution in [0, 0.1) is 6.92 Å². The Morgan fingerprint density at radius 1 is 0.962 bits per heavy atom. The lowest BCUT2D eigenvalue weighted by molar-refractivity contribution is 0.0740. The molecule has 4 rings (SSSR count). The Kier molecular flexibility index (Phi) is 4.30. The van der Waals surface area contributed by atoms with Crippen LogP contribution in [0.4, 0.5) is 5.82 Å². The SMILES string of the molecule is Cc1nccn1-c1cc(N2CCN(C(=O)c3ccccn3)CC2)ncn1. The average molecular weight is 349 g/mol. The molecule has 0 aliphatic carbocycles. The van der Waals surface area contributed by atoms with E-state index in [2.05, 4.69) is 24.8 Å². The number of pyridine rings is 1. The molecular weight excluding hydrogens is 330 g/mol. The van der Waals surface area contributed by atoms with Crippen molar-refractivity contribution in [2.75, 3.05) is 31.1 Å². The summed E-state index contributed by atoms with van der Waals surface area (Å²) in [5.41, 5.74) is 0.487. The summed E-state index contributed by atoms with van der Waals surface area (Å²) in [5.74, 6) is 2.49. The zero-order valence-corrected chi connectivity index (χ0v) is 14.5. The van der Waals surface area contributed by atoms with E-state index in [1.807, 2.05) is 40.8 Å². The average Bonchev–Trinajstić information content (AvgIpc) is 3.14. The molecule has 132 valence electrons. The van der Waals surface area contributed by atoms with Gasteiger partial charge in [0, 0.05) is 50.8 Å². The predicted molar refractivity (Wildman–Crippen MR) is 96.2 cm³/mol. The number of rotatable bonds is 3. The summed E-state index contributed by atoms with van der Waals surface area (Å²) in [4.78, 5) is 33.6. The Balaban J connectivity index is 1.45. The van der Waals surface area contributed by atoms with Gasteiger partial charge in [-0.05, 0) is 19.1 Å². The number of aryl methyl sites for hydroxylation is 1. The summed E-state index contributed by atoms with van der Waals surface area (Å²) in [5, 5.41) is 0. The molecule has 0 spiro atoms. The van der Waals surface area contributed by atoms with Gasteiger partial charge in [0.15, 0.2) is 0 Å². The normalized spacial score (nSPS) is 14.5. The number of piperazine rings is 1. The van der Waals surface area contributed by atoms with Gasteiger partial charge in [-0.2, -0.15) is 0 Å². The van der Waals surface area contributed by atoms with Crippen molar-refractivity contribution in [1.29, 1.82) is 0 Å². The van der Waals surface area contributed by atoms with Crippen molar-refractivity contribution in [3.63, 3.8) is 0 Å². The molecule has 26 heavy (non-hydrogen) atoms. The highest BCUT2D eigenvalue weighted by atomic mass is 16.2. The standard InChI is InChI=1S/C18H19N7O/c1-14-19-6-7-25(14)17-12-16(21-13-22-17)23-8-10-24(11-9-23)18(26)15-4-2-3-5-20-15/h2-7,12-13H,8-11H2,1H3. The molecule has 1 amide bonds. The van der Waals surface area contributed by atoms with E-state index in [0.29, 0.717) is 18.8 Å². The second kappa shape index (κ2) is 6.91. The Labute approximate surface area is 151 Å². The second-order valence-electron chi connectivity index (χ2n) is 6.07. The van der Waals surface area contributed by atoms with Crippen LogP contribution >= 0.6 is 0 Å². The van der Waals surface area contributed by atoms with Crippen LogP contribution in [0.1, 0.15) is 16.3 Å². The van der Waals surface area contributed by atoms with Gasteiger partial charge < -0.3 is 9.80 Å². The van der Waals surface area contributed by atoms with E-state index in [-0.39, 0.29) is 5.91 Å². The molecule has 8 heteroatoms. The van der Waals surface area contributed by atoms with Crippen molar-refractivity contribution in [2.45, 2.75) is 6.92 Å². The maximum absolute atomic E-state index is 12.5. The maximum atomic E-state index is 12.5. The van der Waals surface area contributed by atoms with Crippen LogP contribution in [0.3, 0.4) is 0 Å². The predicted octanol–water partition coefficient (Wildman–Crippen LogP) is 1.33. The Morgan fingerprint density at radius 2 is 1.77 bits per heavy atom. The van der Waals surface area contributed by atoms with Gasteiger partial charge in [0.05, 0.1) is 0 Å². The van der Waals surface area contributed by atoms with Gasteiger partial charge in [-0.1, -0.05) is 6.07 Å². The molecule has 1 fully saturated rings. The van der Waals surface area contributed by atoms with Gasteiger partial charge in [0.2, 0.25) is 0 Å². The van der Waals surface area contributed by atoms with Gasteiger partial charge in [-0.25, -0.2) is 15.0 Å². The third kappa shape index (κ3) is 3.13. The van der Waals surface area contributed by atoms with Gasteiger partial charge >= 0.3 is 0 Å². The van der Waals surface area contributed by atoms with Crippen LogP contribution in [0.5, 0.6) is 0 Å². The topological polar surface area (TPSA) is 80.0 Å². The Bertz CT molecular complexity index is 901. The van der Waals surface area contributed by atoms with Crippen molar-refractivity contribution in [1.82, 2.24) is 29.4 Å². The van der Waals surface area contributed by atoms with E-state index < -0.39 is 0 Å². The highest BCUT2D eigenvalue weighted by Crippen LogP contribution is 2.17. The molecular formula is C18H19N7O. The van der Waals surface area contributed by atoms with Crippen LogP contribution in [0.25, 0.3) is 5.82 Å². The van der Waals surface area contributed by atoms with E-state index in [1.54, 1.807) is 24.8 Å². The first-order valence-corrected chi connectivity index (χ1v) is 8.50. The number of imidazole rings is 1. The number of nitrogens with zero attached hydrogens (tertiary/aromatic N) is 7. The number of carbonyl (C=O) groups excluding carboxylic acids is 1. The molecule has 0 N–H and O–H groups in total. The van der Waals surface area contributed by atoms with Crippen LogP contribution in [-0.2, 0) is 0 Å². The van der Waals surface area contributed by atoms with Gasteiger partial charge in [0.25, 0.3) is 5.91 Å². The molecule has 1 aliphatic heterocycles. The fourth-order valence-electron chi connectivity index (χ4n) is 3.05. The van der Waals surface area contributed by atoms with Crippen LogP contribution in [-0.4, -0.2) is 61.5 Å². The van der Waals surface area contributed by atoms with E-state index in [1.165, 1.54) is 0 Å². The van der Waals surface area contributed by atoms with Crippen LogP contribution in [0.15, 0.2) is 49.2 Å². The zero-order chi connectivity index (χ0) is 17.9. The summed E-state index contributed by atoms with van der Waals surface area (Å²) in [6.07, 6.45) is 6.84. The summed E-state index contributed by atoms with van der Waals surface area (Å²) >= 11 is 0. The summed E-state index contributed by atoms with van der Waals surface area (Å²) in [6.45, 7) is 4.65. The van der Waals surface area contributed by atoms with Crippen molar-refractivity contribution in [2.24, 2.45) is 0 Å². The molecule has 1 aliphatic rings. The lowest BCUT2D eigenvalue weighted by atomic mass is 10.2. The van der Waals surface area contributed by atoms with Crippen molar-refractivity contribution in [3.05, 3.63) is 60.7 Å². The minimum Gasteiger partial charge on any atom is -0.353 e. The smallest absolute Gasteiger partial charge is 0.272 e. The molecule has 0 unspecified atom stereocenters. The first kappa shape index (κ1) is 16.2. The largest absolute Gasteiger partial charge is 0.353 e. The first-order valence-electron chi connectivity index (χ1n) is 8.50. The molecule has 3 aromatic rings. The van der Waals surface area contributed by atoms with E-state index in [4.69, 9.17) is 0 Å². The van der Waals surface area contributed by atoms with Crippen molar-refractivity contribution < 1.29 is 4.79 Å². The zero-order valence-electron chi connectivity index (χ0n) is 14.5. The molecule has 4 heterocycles. The number of aromatic nitrogens is 5.